The molecule has 0 spiro atoms. The summed E-state index contributed by atoms with van der Waals surface area (Å²) in [5, 5.41) is 11.4. The summed E-state index contributed by atoms with van der Waals surface area (Å²) in [5.74, 6) is -1.50. The molecule has 1 aliphatic heterocycles. The van der Waals surface area contributed by atoms with Crippen LogP contribution in [0.1, 0.15) is 28.6 Å². The average molecular weight is 497 g/mol. The molecule has 7 nitrogen and oxygen atoms in total. The van der Waals surface area contributed by atoms with Gasteiger partial charge in [0.05, 0.1) is 17.3 Å². The molecule has 1 saturated heterocycles. The van der Waals surface area contributed by atoms with Gasteiger partial charge in [0, 0.05) is 23.8 Å². The van der Waals surface area contributed by atoms with E-state index in [2.05, 4.69) is 20.9 Å². The quantitative estimate of drug-likeness (QED) is 0.331. The third-order valence-electron chi connectivity index (χ3n) is 5.76. The number of amides is 1. The van der Waals surface area contributed by atoms with Gasteiger partial charge in [-0.2, -0.15) is 0 Å². The second kappa shape index (κ2) is 8.52. The smallest absolute Gasteiger partial charge is 0.295 e. The van der Waals surface area contributed by atoms with E-state index in [1.807, 2.05) is 62.3 Å². The van der Waals surface area contributed by atoms with E-state index in [4.69, 9.17) is 0 Å². The molecule has 1 aliphatic rings. The molecule has 1 aromatic carbocycles. The standard InChI is InChI=1S/C24H25BrN4O3/c1-14-6-5-11-28-19(15(2)26-23(14)28)21(30)18-20(16-7-9-17(25)10-8-16)29(13-12-27(3)4)24(32)22(18)31/h5-11,20,30H,12-13H2,1-4H3/b21-18+/t20-/m1/s1. The first-order valence-corrected chi connectivity index (χ1v) is 11.1. The number of fused-ring (bicyclic) bond motifs is 1. The molecule has 166 valence electrons. The Morgan fingerprint density at radius 2 is 1.84 bits per heavy atom. The van der Waals surface area contributed by atoms with Crippen LogP contribution in [0.3, 0.4) is 0 Å². The maximum atomic E-state index is 13.2. The Hall–Kier alpha value is -2.97. The molecule has 1 amide bonds. The van der Waals surface area contributed by atoms with E-state index in [9.17, 15) is 14.7 Å². The molecule has 0 unspecified atom stereocenters. The lowest BCUT2D eigenvalue weighted by Crippen LogP contribution is -2.35. The fourth-order valence-corrected chi connectivity index (χ4v) is 4.40. The number of nitrogens with zero attached hydrogens (tertiary/aromatic N) is 4. The third kappa shape index (κ3) is 3.73. The molecule has 3 heterocycles. The molecule has 0 radical (unpaired) electrons. The number of rotatable bonds is 5. The summed E-state index contributed by atoms with van der Waals surface area (Å²) in [4.78, 5) is 34.3. The Balaban J connectivity index is 1.94. The van der Waals surface area contributed by atoms with Crippen LogP contribution >= 0.6 is 15.9 Å². The first-order chi connectivity index (χ1) is 15.2. The summed E-state index contributed by atoms with van der Waals surface area (Å²) in [6.45, 7) is 4.68. The summed E-state index contributed by atoms with van der Waals surface area (Å²) in [6.07, 6.45) is 1.80. The number of imidazole rings is 1. The zero-order valence-electron chi connectivity index (χ0n) is 18.5. The molecule has 8 heteroatoms. The van der Waals surface area contributed by atoms with Crippen LogP contribution in [0.15, 0.2) is 52.6 Å². The maximum absolute atomic E-state index is 13.2. The van der Waals surface area contributed by atoms with Crippen LogP contribution in [-0.4, -0.2) is 63.2 Å². The number of hydrogen-bond donors (Lipinski definition) is 1. The van der Waals surface area contributed by atoms with E-state index in [1.165, 1.54) is 0 Å². The minimum atomic E-state index is -0.684. The molecule has 1 atom stereocenters. The number of likely N-dealkylation sites (N-methyl/N-ethyl adjacent to an activating group) is 1. The van der Waals surface area contributed by atoms with Gasteiger partial charge in [0.25, 0.3) is 11.7 Å². The highest BCUT2D eigenvalue weighted by atomic mass is 79.9. The molecule has 32 heavy (non-hydrogen) atoms. The SMILES string of the molecule is Cc1nc2c(C)cccn2c1/C(O)=C1\C(=O)C(=O)N(CCN(C)C)[C@@H]1c1ccc(Br)cc1. The number of benzene rings is 1. The summed E-state index contributed by atoms with van der Waals surface area (Å²) >= 11 is 3.43. The predicted octanol–water partition coefficient (Wildman–Crippen LogP) is 3.70. The first-order valence-electron chi connectivity index (χ1n) is 10.3. The van der Waals surface area contributed by atoms with Gasteiger partial charge >= 0.3 is 0 Å². The number of aromatic nitrogens is 2. The Kier molecular flexibility index (Phi) is 5.92. The number of carbonyl (C=O) groups excluding carboxylic acids is 2. The molecule has 0 saturated carbocycles. The van der Waals surface area contributed by atoms with E-state index < -0.39 is 17.7 Å². The number of carbonyl (C=O) groups is 2. The average Bonchev–Trinajstić information content (AvgIpc) is 3.21. The van der Waals surface area contributed by atoms with Crippen molar-refractivity contribution in [2.75, 3.05) is 27.2 Å². The molecule has 3 aromatic rings. The highest BCUT2D eigenvalue weighted by molar-refractivity contribution is 9.10. The van der Waals surface area contributed by atoms with Crippen LogP contribution in [0.4, 0.5) is 0 Å². The van der Waals surface area contributed by atoms with E-state index in [0.717, 1.165) is 15.6 Å². The zero-order valence-corrected chi connectivity index (χ0v) is 20.0. The summed E-state index contributed by atoms with van der Waals surface area (Å²) < 4.78 is 2.66. The molecule has 2 aromatic heterocycles. The monoisotopic (exact) mass is 496 g/mol. The van der Waals surface area contributed by atoms with Crippen LogP contribution in [-0.2, 0) is 9.59 Å². The number of halogens is 1. The van der Waals surface area contributed by atoms with E-state index in [1.54, 1.807) is 22.4 Å². The second-order valence-electron chi connectivity index (χ2n) is 8.28. The largest absolute Gasteiger partial charge is 0.505 e. The molecule has 0 bridgehead atoms. The van der Waals surface area contributed by atoms with Gasteiger partial charge in [-0.25, -0.2) is 4.98 Å². The normalized spacial score (nSPS) is 18.3. The number of pyridine rings is 1. The summed E-state index contributed by atoms with van der Waals surface area (Å²) in [5.41, 5.74) is 3.51. The number of likely N-dealkylation sites (tertiary alicyclic amines) is 1. The zero-order chi connectivity index (χ0) is 23.2. The maximum Gasteiger partial charge on any atom is 0.295 e. The second-order valence-corrected chi connectivity index (χ2v) is 9.19. The third-order valence-corrected chi connectivity index (χ3v) is 6.29. The number of ketones is 1. The van der Waals surface area contributed by atoms with Gasteiger partial charge in [0.2, 0.25) is 0 Å². The predicted molar refractivity (Wildman–Crippen MR) is 126 cm³/mol. The number of aliphatic hydroxyl groups is 1. The Morgan fingerprint density at radius 1 is 1.16 bits per heavy atom. The van der Waals surface area contributed by atoms with Crippen molar-refractivity contribution in [2.24, 2.45) is 0 Å². The Labute approximate surface area is 195 Å². The Bertz CT molecular complexity index is 1240. The van der Waals surface area contributed by atoms with Crippen LogP contribution in [0, 0.1) is 13.8 Å². The van der Waals surface area contributed by atoms with Crippen molar-refractivity contribution in [1.29, 1.82) is 0 Å². The molecular formula is C24H25BrN4O3. The summed E-state index contributed by atoms with van der Waals surface area (Å²) in [7, 11) is 3.82. The fraction of sp³-hybridized carbons (Fsp3) is 0.292. The van der Waals surface area contributed by atoms with Crippen molar-refractivity contribution in [2.45, 2.75) is 19.9 Å². The molecule has 4 rings (SSSR count). The van der Waals surface area contributed by atoms with E-state index >= 15 is 0 Å². The first kappa shape index (κ1) is 22.2. The lowest BCUT2D eigenvalue weighted by molar-refractivity contribution is -0.140. The van der Waals surface area contributed by atoms with E-state index in [0.29, 0.717) is 30.1 Å². The molecule has 0 aliphatic carbocycles. The topological polar surface area (TPSA) is 78.1 Å². The van der Waals surface area contributed by atoms with Gasteiger partial charge in [0.1, 0.15) is 11.3 Å². The van der Waals surface area contributed by atoms with Crippen molar-refractivity contribution in [1.82, 2.24) is 19.2 Å². The van der Waals surface area contributed by atoms with Crippen LogP contribution in [0.25, 0.3) is 11.4 Å². The van der Waals surface area contributed by atoms with Gasteiger partial charge < -0.3 is 14.9 Å². The van der Waals surface area contributed by atoms with Crippen molar-refractivity contribution < 1.29 is 14.7 Å². The van der Waals surface area contributed by atoms with Crippen molar-refractivity contribution in [3.8, 4) is 0 Å². The number of aliphatic hydroxyl groups excluding tert-OH is 1. The lowest BCUT2D eigenvalue weighted by Gasteiger charge is -2.26. The molecule has 1 fully saturated rings. The highest BCUT2D eigenvalue weighted by Crippen LogP contribution is 2.40. The van der Waals surface area contributed by atoms with Gasteiger partial charge in [-0.15, -0.1) is 0 Å². The van der Waals surface area contributed by atoms with Crippen molar-refractivity contribution in [3.05, 3.63) is 75.2 Å². The van der Waals surface area contributed by atoms with Crippen LogP contribution in [0.5, 0.6) is 0 Å². The highest BCUT2D eigenvalue weighted by Gasteiger charge is 2.46. The van der Waals surface area contributed by atoms with Gasteiger partial charge in [0.15, 0.2) is 5.76 Å². The van der Waals surface area contributed by atoms with Crippen molar-refractivity contribution >= 4 is 39.0 Å². The molecule has 1 N–H and O–H groups in total. The van der Waals surface area contributed by atoms with Gasteiger partial charge in [-0.1, -0.05) is 34.1 Å². The minimum Gasteiger partial charge on any atom is -0.505 e. The summed E-state index contributed by atoms with van der Waals surface area (Å²) in [6, 6.07) is 10.6. The Morgan fingerprint density at radius 3 is 2.50 bits per heavy atom. The number of Topliss-reactive ketones (excluding diaryl/α,β-unsaturated/α-hetero) is 1. The number of hydrogen-bond acceptors (Lipinski definition) is 5. The van der Waals surface area contributed by atoms with E-state index in [-0.39, 0.29) is 11.3 Å². The van der Waals surface area contributed by atoms with Crippen LogP contribution in [0.2, 0.25) is 0 Å². The minimum absolute atomic E-state index is 0.0856. The number of aryl methyl sites for hydroxylation is 2. The van der Waals surface area contributed by atoms with Gasteiger partial charge in [-0.3, -0.25) is 14.0 Å². The molecular weight excluding hydrogens is 472 g/mol. The lowest BCUT2D eigenvalue weighted by atomic mass is 9.96. The van der Waals surface area contributed by atoms with Crippen LogP contribution < -0.4 is 0 Å². The van der Waals surface area contributed by atoms with Crippen molar-refractivity contribution in [3.63, 3.8) is 0 Å². The fourth-order valence-electron chi connectivity index (χ4n) is 4.14. The van der Waals surface area contributed by atoms with Gasteiger partial charge in [-0.05, 0) is 57.3 Å².